The lowest BCUT2D eigenvalue weighted by Gasteiger charge is -2.24. The number of nitrogens with zero attached hydrogens (tertiary/aromatic N) is 2. The second-order valence-electron chi connectivity index (χ2n) is 6.46. The largest absolute Gasteiger partial charge is 0.377 e. The summed E-state index contributed by atoms with van der Waals surface area (Å²) in [6.45, 7) is 5.41. The van der Waals surface area contributed by atoms with Crippen LogP contribution in [0.5, 0.6) is 0 Å². The van der Waals surface area contributed by atoms with Crippen LogP contribution >= 0.6 is 11.3 Å². The van der Waals surface area contributed by atoms with Gasteiger partial charge in [-0.2, -0.15) is 0 Å². The molecular formula is C19H28N4OS. The monoisotopic (exact) mass is 360 g/mol. The number of aromatic nitrogens is 1. The number of methoxy groups -OCH3 is 1. The molecule has 0 saturated heterocycles. The second kappa shape index (κ2) is 9.53. The molecule has 0 bridgehead atoms. The van der Waals surface area contributed by atoms with Crippen molar-refractivity contribution in [2.75, 3.05) is 20.7 Å². The third-order valence-corrected chi connectivity index (χ3v) is 4.92. The predicted molar refractivity (Wildman–Crippen MR) is 105 cm³/mol. The van der Waals surface area contributed by atoms with Gasteiger partial charge in [-0.3, -0.25) is 4.99 Å². The van der Waals surface area contributed by atoms with Crippen molar-refractivity contribution in [3.05, 3.63) is 52.0 Å². The van der Waals surface area contributed by atoms with Gasteiger partial charge in [-0.05, 0) is 25.8 Å². The standard InChI is InChI=1S/C19H28N4OS/c1-19(2,24-4)14-22-18(20-3)21-12-16-13-25-17(23-16)11-10-15-8-6-5-7-9-15/h5-9,13H,10-12,14H2,1-4H3,(H2,20,21,22). The normalized spacial score (nSPS) is 12.2. The van der Waals surface area contributed by atoms with Gasteiger partial charge in [0.1, 0.15) is 0 Å². The molecule has 2 aromatic rings. The fourth-order valence-corrected chi connectivity index (χ4v) is 3.00. The lowest BCUT2D eigenvalue weighted by atomic mass is 10.1. The average molecular weight is 361 g/mol. The molecule has 0 unspecified atom stereocenters. The number of hydrogen-bond donors (Lipinski definition) is 2. The number of thiazole rings is 1. The van der Waals surface area contributed by atoms with Crippen LogP contribution in [0.25, 0.3) is 0 Å². The highest BCUT2D eigenvalue weighted by atomic mass is 32.1. The summed E-state index contributed by atoms with van der Waals surface area (Å²) in [5.74, 6) is 0.754. The van der Waals surface area contributed by atoms with Crippen LogP contribution in [0.4, 0.5) is 0 Å². The molecule has 5 nitrogen and oxygen atoms in total. The van der Waals surface area contributed by atoms with Crippen LogP contribution in [-0.2, 0) is 24.1 Å². The molecule has 0 radical (unpaired) electrons. The molecule has 6 heteroatoms. The SMILES string of the molecule is CN=C(NCc1csc(CCc2ccccc2)n1)NCC(C)(C)OC. The third kappa shape index (κ3) is 6.84. The van der Waals surface area contributed by atoms with Crippen LogP contribution in [0.3, 0.4) is 0 Å². The van der Waals surface area contributed by atoms with E-state index in [-0.39, 0.29) is 5.60 Å². The first-order chi connectivity index (χ1) is 12.0. The van der Waals surface area contributed by atoms with Crippen molar-refractivity contribution in [1.29, 1.82) is 0 Å². The molecule has 25 heavy (non-hydrogen) atoms. The highest BCUT2D eigenvalue weighted by Gasteiger charge is 2.16. The first-order valence-electron chi connectivity index (χ1n) is 8.49. The molecule has 1 aromatic heterocycles. The van der Waals surface area contributed by atoms with E-state index in [9.17, 15) is 0 Å². The van der Waals surface area contributed by atoms with E-state index < -0.39 is 0 Å². The molecule has 0 spiro atoms. The first kappa shape index (κ1) is 19.4. The molecule has 0 atom stereocenters. The number of rotatable bonds is 8. The van der Waals surface area contributed by atoms with E-state index in [0.29, 0.717) is 13.1 Å². The Morgan fingerprint density at radius 3 is 2.64 bits per heavy atom. The summed E-state index contributed by atoms with van der Waals surface area (Å²) in [5, 5.41) is 9.85. The number of nitrogens with one attached hydrogen (secondary N) is 2. The minimum absolute atomic E-state index is 0.233. The molecule has 136 valence electrons. The summed E-state index contributed by atoms with van der Waals surface area (Å²) in [6, 6.07) is 10.5. The van der Waals surface area contributed by atoms with Gasteiger partial charge in [0.25, 0.3) is 0 Å². The summed E-state index contributed by atoms with van der Waals surface area (Å²) in [7, 11) is 3.48. The van der Waals surface area contributed by atoms with Crippen LogP contribution in [0.2, 0.25) is 0 Å². The lowest BCUT2D eigenvalue weighted by Crippen LogP contribution is -2.45. The molecule has 0 aliphatic rings. The maximum atomic E-state index is 5.41. The van der Waals surface area contributed by atoms with Crippen molar-refractivity contribution in [2.24, 2.45) is 4.99 Å². The highest BCUT2D eigenvalue weighted by Crippen LogP contribution is 2.13. The van der Waals surface area contributed by atoms with E-state index >= 15 is 0 Å². The van der Waals surface area contributed by atoms with Gasteiger partial charge in [0.2, 0.25) is 0 Å². The highest BCUT2D eigenvalue weighted by molar-refractivity contribution is 7.09. The Kier molecular flexibility index (Phi) is 7.40. The number of hydrogen-bond acceptors (Lipinski definition) is 4. The van der Waals surface area contributed by atoms with Crippen molar-refractivity contribution >= 4 is 17.3 Å². The Morgan fingerprint density at radius 2 is 1.96 bits per heavy atom. The molecule has 2 N–H and O–H groups in total. The summed E-state index contributed by atoms with van der Waals surface area (Å²) >= 11 is 1.72. The quantitative estimate of drug-likeness (QED) is 0.561. The maximum Gasteiger partial charge on any atom is 0.191 e. The molecule has 0 aliphatic heterocycles. The van der Waals surface area contributed by atoms with Gasteiger partial charge in [0, 0.05) is 32.5 Å². The molecule has 0 fully saturated rings. The fourth-order valence-electron chi connectivity index (χ4n) is 2.20. The van der Waals surface area contributed by atoms with Crippen molar-refractivity contribution < 1.29 is 4.74 Å². The topological polar surface area (TPSA) is 58.5 Å². The maximum absolute atomic E-state index is 5.41. The van der Waals surface area contributed by atoms with Gasteiger partial charge in [-0.15, -0.1) is 11.3 Å². The molecule has 0 saturated carbocycles. The summed E-state index contributed by atoms with van der Waals surface area (Å²) < 4.78 is 5.41. The molecule has 0 amide bonds. The zero-order valence-electron chi connectivity index (χ0n) is 15.5. The van der Waals surface area contributed by atoms with Crippen molar-refractivity contribution in [3.8, 4) is 0 Å². The van der Waals surface area contributed by atoms with Crippen LogP contribution in [0.1, 0.15) is 30.1 Å². The van der Waals surface area contributed by atoms with E-state index in [2.05, 4.69) is 45.3 Å². The van der Waals surface area contributed by atoms with Crippen LogP contribution in [0, 0.1) is 0 Å². The van der Waals surface area contributed by atoms with Crippen molar-refractivity contribution in [1.82, 2.24) is 15.6 Å². The van der Waals surface area contributed by atoms with E-state index in [4.69, 9.17) is 9.72 Å². The molecule has 0 aliphatic carbocycles. The van der Waals surface area contributed by atoms with Gasteiger partial charge >= 0.3 is 0 Å². The summed E-state index contributed by atoms with van der Waals surface area (Å²) in [4.78, 5) is 8.94. The van der Waals surface area contributed by atoms with Gasteiger partial charge in [-0.25, -0.2) is 4.98 Å². The fraction of sp³-hybridized carbons (Fsp3) is 0.474. The van der Waals surface area contributed by atoms with E-state index in [1.54, 1.807) is 25.5 Å². The Labute approximate surface area is 154 Å². The Hall–Kier alpha value is -1.92. The zero-order valence-corrected chi connectivity index (χ0v) is 16.3. The van der Waals surface area contributed by atoms with Crippen LogP contribution in [0.15, 0.2) is 40.7 Å². The van der Waals surface area contributed by atoms with Gasteiger partial charge < -0.3 is 15.4 Å². The van der Waals surface area contributed by atoms with Gasteiger partial charge in [0.15, 0.2) is 5.96 Å². The van der Waals surface area contributed by atoms with E-state index in [0.717, 1.165) is 24.5 Å². The molecule has 1 heterocycles. The van der Waals surface area contributed by atoms with Crippen molar-refractivity contribution in [2.45, 2.75) is 38.8 Å². The number of aryl methyl sites for hydroxylation is 2. The number of guanidine groups is 1. The first-order valence-corrected chi connectivity index (χ1v) is 9.37. The summed E-state index contributed by atoms with van der Waals surface area (Å²) in [5.41, 5.74) is 2.16. The number of benzene rings is 1. The summed E-state index contributed by atoms with van der Waals surface area (Å²) in [6.07, 6.45) is 2.00. The molecule has 1 aromatic carbocycles. The van der Waals surface area contributed by atoms with E-state index in [1.807, 2.05) is 19.9 Å². The average Bonchev–Trinajstić information content (AvgIpc) is 3.09. The van der Waals surface area contributed by atoms with Gasteiger partial charge in [-0.1, -0.05) is 30.3 Å². The lowest BCUT2D eigenvalue weighted by molar-refractivity contribution is 0.0268. The van der Waals surface area contributed by atoms with Crippen LogP contribution in [-0.4, -0.2) is 37.2 Å². The molecular weight excluding hydrogens is 332 g/mol. The Balaban J connectivity index is 1.78. The zero-order chi connectivity index (χ0) is 18.1. The van der Waals surface area contributed by atoms with Crippen molar-refractivity contribution in [3.63, 3.8) is 0 Å². The van der Waals surface area contributed by atoms with Crippen LogP contribution < -0.4 is 10.6 Å². The second-order valence-corrected chi connectivity index (χ2v) is 7.40. The molecule has 2 rings (SSSR count). The minimum atomic E-state index is -0.233. The van der Waals surface area contributed by atoms with E-state index in [1.165, 1.54) is 10.6 Å². The number of aliphatic imine (C=N–C) groups is 1. The van der Waals surface area contributed by atoms with Gasteiger partial charge in [0.05, 0.1) is 22.8 Å². The Morgan fingerprint density at radius 1 is 1.20 bits per heavy atom. The Bertz CT molecular complexity index is 667. The predicted octanol–water partition coefficient (Wildman–Crippen LogP) is 3.02. The minimum Gasteiger partial charge on any atom is -0.377 e. The number of ether oxygens (including phenoxy) is 1. The third-order valence-electron chi connectivity index (χ3n) is 3.96. The smallest absolute Gasteiger partial charge is 0.191 e.